The van der Waals surface area contributed by atoms with Crippen molar-refractivity contribution >= 4 is 35.1 Å². The lowest BCUT2D eigenvalue weighted by Gasteiger charge is -2.45. The zero-order chi connectivity index (χ0) is 18.1. The molecule has 26 heavy (non-hydrogen) atoms. The maximum atomic E-state index is 14.9. The first-order valence-corrected chi connectivity index (χ1v) is 10.4. The average molecular weight is 377 g/mol. The molecule has 1 saturated carbocycles. The van der Waals surface area contributed by atoms with E-state index in [0.717, 1.165) is 50.3 Å². The molecule has 140 valence electrons. The predicted octanol–water partition coefficient (Wildman–Crippen LogP) is 2.49. The molecule has 0 atom stereocenters. The van der Waals surface area contributed by atoms with Crippen LogP contribution >= 0.6 is 11.8 Å². The molecule has 0 amide bonds. The van der Waals surface area contributed by atoms with Crippen LogP contribution in [0.4, 0.5) is 15.8 Å². The normalized spacial score (nSPS) is 23.0. The minimum atomic E-state index is -0.538. The Bertz CT molecular complexity index is 737. The number of nitrogens with zero attached hydrogens (tertiary/aromatic N) is 4. The number of aliphatic imine (C=N–C) groups is 2. The summed E-state index contributed by atoms with van der Waals surface area (Å²) >= 11 is 1.91. The van der Waals surface area contributed by atoms with Crippen molar-refractivity contribution < 1.29 is 4.39 Å². The van der Waals surface area contributed by atoms with Crippen molar-refractivity contribution in [2.45, 2.75) is 37.8 Å². The highest BCUT2D eigenvalue weighted by molar-refractivity contribution is 7.99. The van der Waals surface area contributed by atoms with Gasteiger partial charge in [0.05, 0.1) is 5.69 Å². The van der Waals surface area contributed by atoms with Gasteiger partial charge in [0.1, 0.15) is 11.5 Å². The predicted molar refractivity (Wildman–Crippen MR) is 107 cm³/mol. The second-order valence-electron chi connectivity index (χ2n) is 7.05. The fourth-order valence-electron chi connectivity index (χ4n) is 4.19. The van der Waals surface area contributed by atoms with Crippen molar-refractivity contribution in [3.63, 3.8) is 0 Å². The van der Waals surface area contributed by atoms with Gasteiger partial charge >= 0.3 is 0 Å². The third-order valence-electron chi connectivity index (χ3n) is 5.39. The molecule has 1 aromatic rings. The molecule has 1 aliphatic carbocycles. The Morgan fingerprint density at radius 1 is 1.08 bits per heavy atom. The summed E-state index contributed by atoms with van der Waals surface area (Å²) in [6, 6.07) is 5.34. The summed E-state index contributed by atoms with van der Waals surface area (Å²) in [7, 11) is 0. The Morgan fingerprint density at radius 2 is 1.81 bits per heavy atom. The monoisotopic (exact) mass is 376 g/mol. The molecule has 4 rings (SSSR count). The van der Waals surface area contributed by atoms with E-state index >= 15 is 0 Å². The summed E-state index contributed by atoms with van der Waals surface area (Å²) in [4.78, 5) is 12.8. The van der Waals surface area contributed by atoms with Gasteiger partial charge in [-0.25, -0.2) is 9.38 Å². The van der Waals surface area contributed by atoms with Crippen molar-refractivity contribution in [2.24, 2.45) is 21.5 Å². The van der Waals surface area contributed by atoms with Gasteiger partial charge in [-0.05, 0) is 43.9 Å². The van der Waals surface area contributed by atoms with E-state index in [4.69, 9.17) is 11.5 Å². The molecular formula is C18H25FN6S. The summed E-state index contributed by atoms with van der Waals surface area (Å²) in [6.45, 7) is 1.75. The Hall–Kier alpha value is -1.96. The van der Waals surface area contributed by atoms with Gasteiger partial charge in [0.2, 0.25) is 11.9 Å². The second kappa shape index (κ2) is 6.98. The first-order valence-electron chi connectivity index (χ1n) is 9.21. The number of halogens is 1. The van der Waals surface area contributed by atoms with Gasteiger partial charge in [0.25, 0.3) is 0 Å². The molecule has 0 aromatic heterocycles. The molecule has 0 bridgehead atoms. The van der Waals surface area contributed by atoms with Crippen molar-refractivity contribution in [3.8, 4) is 0 Å². The van der Waals surface area contributed by atoms with Crippen LogP contribution in [-0.2, 0) is 0 Å². The van der Waals surface area contributed by atoms with Crippen LogP contribution in [0.25, 0.3) is 0 Å². The number of anilines is 2. The third-order valence-corrected chi connectivity index (χ3v) is 6.34. The van der Waals surface area contributed by atoms with Crippen molar-refractivity contribution in [1.29, 1.82) is 0 Å². The molecule has 2 fully saturated rings. The molecule has 0 unspecified atom stereocenters. The lowest BCUT2D eigenvalue weighted by atomic mass is 9.87. The van der Waals surface area contributed by atoms with E-state index in [1.165, 1.54) is 6.42 Å². The molecule has 8 heteroatoms. The van der Waals surface area contributed by atoms with Crippen molar-refractivity contribution in [3.05, 3.63) is 24.0 Å². The number of benzene rings is 1. The Balaban J connectivity index is 1.68. The standard InChI is InChI=1S/C18H25FN6S/c19-14-12-13(4-5-15(14)24-8-10-26-11-9-24)25-17(21)22-16(20)23-18(25)6-2-1-3-7-18/h4-5,12H,1-3,6-11H2,(H4,20,21,22,23). The highest BCUT2D eigenvalue weighted by atomic mass is 32.2. The maximum absolute atomic E-state index is 14.9. The van der Waals surface area contributed by atoms with Crippen LogP contribution in [0.15, 0.2) is 28.2 Å². The van der Waals surface area contributed by atoms with Gasteiger partial charge < -0.3 is 16.4 Å². The van der Waals surface area contributed by atoms with E-state index in [1.807, 2.05) is 28.8 Å². The van der Waals surface area contributed by atoms with E-state index < -0.39 is 5.66 Å². The Morgan fingerprint density at radius 3 is 2.50 bits per heavy atom. The number of nitrogens with two attached hydrogens (primary N) is 2. The molecule has 2 aliphatic heterocycles. The van der Waals surface area contributed by atoms with Gasteiger partial charge in [-0.2, -0.15) is 16.8 Å². The fourth-order valence-corrected chi connectivity index (χ4v) is 5.09. The van der Waals surface area contributed by atoms with Gasteiger partial charge in [-0.15, -0.1) is 0 Å². The number of thioether (sulfide) groups is 1. The molecular weight excluding hydrogens is 351 g/mol. The first kappa shape index (κ1) is 17.5. The van der Waals surface area contributed by atoms with Crippen LogP contribution in [0, 0.1) is 5.82 Å². The fraction of sp³-hybridized carbons (Fsp3) is 0.556. The molecule has 1 saturated heterocycles. The van der Waals surface area contributed by atoms with Crippen LogP contribution in [-0.4, -0.2) is 42.2 Å². The largest absolute Gasteiger partial charge is 0.369 e. The van der Waals surface area contributed by atoms with Crippen molar-refractivity contribution in [1.82, 2.24) is 0 Å². The first-order chi connectivity index (χ1) is 12.6. The number of hydrogen-bond donors (Lipinski definition) is 2. The Kier molecular flexibility index (Phi) is 4.69. The molecule has 1 aromatic carbocycles. The average Bonchev–Trinajstić information content (AvgIpc) is 2.62. The topological polar surface area (TPSA) is 83.2 Å². The van der Waals surface area contributed by atoms with Crippen LogP contribution in [0.1, 0.15) is 32.1 Å². The summed E-state index contributed by atoms with van der Waals surface area (Å²) in [5.41, 5.74) is 12.9. The summed E-state index contributed by atoms with van der Waals surface area (Å²) in [6.07, 6.45) is 4.95. The third kappa shape index (κ3) is 3.11. The van der Waals surface area contributed by atoms with Crippen LogP contribution in [0.2, 0.25) is 0 Å². The second-order valence-corrected chi connectivity index (χ2v) is 8.28. The van der Waals surface area contributed by atoms with E-state index in [1.54, 1.807) is 6.07 Å². The van der Waals surface area contributed by atoms with Crippen LogP contribution < -0.4 is 21.3 Å². The number of guanidine groups is 2. The van der Waals surface area contributed by atoms with Crippen molar-refractivity contribution in [2.75, 3.05) is 34.4 Å². The molecule has 2 heterocycles. The molecule has 3 aliphatic rings. The summed E-state index contributed by atoms with van der Waals surface area (Å²) < 4.78 is 14.9. The zero-order valence-corrected chi connectivity index (χ0v) is 15.6. The number of hydrogen-bond acceptors (Lipinski definition) is 7. The lowest BCUT2D eigenvalue weighted by molar-refractivity contribution is 0.305. The Labute approximate surface area is 157 Å². The minimum Gasteiger partial charge on any atom is -0.369 e. The van der Waals surface area contributed by atoms with E-state index in [9.17, 15) is 4.39 Å². The van der Waals surface area contributed by atoms with E-state index in [2.05, 4.69) is 14.9 Å². The van der Waals surface area contributed by atoms with E-state index in [-0.39, 0.29) is 11.8 Å². The quantitative estimate of drug-likeness (QED) is 0.829. The number of rotatable bonds is 2. The van der Waals surface area contributed by atoms with Gasteiger partial charge in [-0.1, -0.05) is 6.42 Å². The zero-order valence-electron chi connectivity index (χ0n) is 14.8. The van der Waals surface area contributed by atoms with Crippen LogP contribution in [0.5, 0.6) is 0 Å². The summed E-state index contributed by atoms with van der Waals surface area (Å²) in [5, 5.41) is 0. The lowest BCUT2D eigenvalue weighted by Crippen LogP contribution is -2.58. The van der Waals surface area contributed by atoms with Gasteiger partial charge in [-0.3, -0.25) is 4.90 Å². The molecule has 6 nitrogen and oxygen atoms in total. The molecule has 4 N–H and O–H groups in total. The molecule has 0 radical (unpaired) electrons. The maximum Gasteiger partial charge on any atom is 0.220 e. The molecule has 1 spiro atoms. The highest BCUT2D eigenvalue weighted by Crippen LogP contribution is 2.40. The highest BCUT2D eigenvalue weighted by Gasteiger charge is 2.42. The van der Waals surface area contributed by atoms with E-state index in [0.29, 0.717) is 17.3 Å². The SMILES string of the molecule is NC1=NC2(CCCCC2)N(c2ccc(N3CCSCC3)c(F)c2)C(N)=N1. The smallest absolute Gasteiger partial charge is 0.220 e. The van der Waals surface area contributed by atoms with Gasteiger partial charge in [0, 0.05) is 30.3 Å². The van der Waals surface area contributed by atoms with Crippen LogP contribution in [0.3, 0.4) is 0 Å². The minimum absolute atomic E-state index is 0.212. The summed E-state index contributed by atoms with van der Waals surface area (Å²) in [5.74, 6) is 2.34. The van der Waals surface area contributed by atoms with Gasteiger partial charge in [0.15, 0.2) is 0 Å².